The van der Waals surface area contributed by atoms with E-state index in [1.54, 1.807) is 25.1 Å². The Morgan fingerprint density at radius 3 is 1.69 bits per heavy atom. The Kier molecular flexibility index (Phi) is 5.65. The van der Waals surface area contributed by atoms with Gasteiger partial charge in [0.1, 0.15) is 22.1 Å². The van der Waals surface area contributed by atoms with Gasteiger partial charge in [-0.15, -0.1) is 0 Å². The highest BCUT2D eigenvalue weighted by Crippen LogP contribution is 2.29. The zero-order valence-corrected chi connectivity index (χ0v) is 17.2. The van der Waals surface area contributed by atoms with Crippen LogP contribution in [-0.4, -0.2) is 28.5 Å². The third-order valence-electron chi connectivity index (χ3n) is 4.18. The highest BCUT2D eigenvalue weighted by Gasteiger charge is 2.18. The van der Waals surface area contributed by atoms with Crippen LogP contribution >= 0.6 is 0 Å². The fourth-order valence-electron chi connectivity index (χ4n) is 2.64. The van der Waals surface area contributed by atoms with Crippen molar-refractivity contribution in [1.82, 2.24) is 0 Å². The highest BCUT2D eigenvalue weighted by molar-refractivity contribution is 7.91. The molecule has 0 aromatic heterocycles. The molecule has 0 unspecified atom stereocenters. The maximum Gasteiger partial charge on any atom is 0.294 e. The average Bonchev–Trinajstić information content (AvgIpc) is 2.69. The minimum Gasteiger partial charge on any atom is -0.497 e. The lowest BCUT2D eigenvalue weighted by molar-refractivity contribution is 0.414. The van der Waals surface area contributed by atoms with Gasteiger partial charge in [0.15, 0.2) is 0 Å². The second-order valence-electron chi connectivity index (χ2n) is 6.15. The quantitative estimate of drug-likeness (QED) is 0.587. The van der Waals surface area contributed by atoms with Gasteiger partial charge in [0, 0.05) is 6.07 Å². The third kappa shape index (κ3) is 4.58. The molecule has 0 saturated heterocycles. The Labute approximate surface area is 169 Å². The van der Waals surface area contributed by atoms with Crippen LogP contribution in [0.15, 0.2) is 81.4 Å². The van der Waals surface area contributed by atoms with Crippen molar-refractivity contribution >= 4 is 20.0 Å². The molecule has 0 spiro atoms. The van der Waals surface area contributed by atoms with Crippen molar-refractivity contribution in [3.63, 3.8) is 0 Å². The molecule has 0 aliphatic carbocycles. The Balaban J connectivity index is 1.85. The van der Waals surface area contributed by atoms with Gasteiger partial charge < -0.3 is 9.47 Å². The van der Waals surface area contributed by atoms with E-state index in [4.69, 9.17) is 9.47 Å². The predicted octanol–water partition coefficient (Wildman–Crippen LogP) is 3.88. The molecule has 3 aromatic carbocycles. The van der Waals surface area contributed by atoms with Crippen LogP contribution in [0.2, 0.25) is 0 Å². The molecule has 0 fully saturated rings. The monoisotopic (exact) mass is 434 g/mol. The third-order valence-corrected chi connectivity index (χ3v) is 6.96. The summed E-state index contributed by atoms with van der Waals surface area (Å²) in [5, 5.41) is 0. The lowest BCUT2D eigenvalue weighted by Gasteiger charge is -2.10. The van der Waals surface area contributed by atoms with Gasteiger partial charge in [-0.05, 0) is 67.1 Å². The number of hydrogen-bond donors (Lipinski definition) is 1. The lowest BCUT2D eigenvalue weighted by Crippen LogP contribution is -2.02. The van der Waals surface area contributed by atoms with Gasteiger partial charge in [0.05, 0.1) is 16.9 Å². The maximum absolute atomic E-state index is 12.7. The SMILES string of the molecule is COc1ccc(S(=O)(=O)c2ccc(Oc3ccc(C)c(S(=O)(=O)O)c3)cc2)cc1. The number of sulfone groups is 1. The maximum atomic E-state index is 12.7. The summed E-state index contributed by atoms with van der Waals surface area (Å²) in [6.45, 7) is 1.55. The predicted molar refractivity (Wildman–Crippen MR) is 106 cm³/mol. The van der Waals surface area contributed by atoms with Crippen molar-refractivity contribution in [3.05, 3.63) is 72.3 Å². The van der Waals surface area contributed by atoms with E-state index in [1.807, 2.05) is 0 Å². The molecule has 0 heterocycles. The molecular formula is C20H18O7S2. The molecule has 1 N–H and O–H groups in total. The Morgan fingerprint density at radius 2 is 1.21 bits per heavy atom. The molecule has 3 rings (SSSR count). The fourth-order valence-corrected chi connectivity index (χ4v) is 4.64. The molecule has 29 heavy (non-hydrogen) atoms. The summed E-state index contributed by atoms with van der Waals surface area (Å²) in [6, 6.07) is 16.0. The highest BCUT2D eigenvalue weighted by atomic mass is 32.2. The molecule has 9 heteroatoms. The van der Waals surface area contributed by atoms with Gasteiger partial charge in [-0.3, -0.25) is 4.55 Å². The molecular weight excluding hydrogens is 416 g/mol. The van der Waals surface area contributed by atoms with Crippen LogP contribution in [0, 0.1) is 6.92 Å². The zero-order chi connectivity index (χ0) is 21.2. The second-order valence-corrected chi connectivity index (χ2v) is 9.49. The van der Waals surface area contributed by atoms with E-state index in [-0.39, 0.29) is 20.4 Å². The Morgan fingerprint density at radius 1 is 0.724 bits per heavy atom. The van der Waals surface area contributed by atoms with E-state index in [0.29, 0.717) is 17.1 Å². The first-order chi connectivity index (χ1) is 13.6. The van der Waals surface area contributed by atoms with E-state index < -0.39 is 20.0 Å². The van der Waals surface area contributed by atoms with Crippen LogP contribution in [-0.2, 0) is 20.0 Å². The lowest BCUT2D eigenvalue weighted by atomic mass is 10.2. The minimum atomic E-state index is -4.38. The number of methoxy groups -OCH3 is 1. The molecule has 0 amide bonds. The van der Waals surface area contributed by atoms with Crippen molar-refractivity contribution in [3.8, 4) is 17.2 Å². The second kappa shape index (κ2) is 7.86. The summed E-state index contributed by atoms with van der Waals surface area (Å²) >= 11 is 0. The number of hydrogen-bond acceptors (Lipinski definition) is 6. The standard InChI is InChI=1S/C20H18O7S2/c1-14-3-4-17(13-20(14)29(23,24)25)27-16-7-11-19(12-8-16)28(21,22)18-9-5-15(26-2)6-10-18/h3-13H,1-2H3,(H,23,24,25). The Hall–Kier alpha value is -2.88. The van der Waals surface area contributed by atoms with E-state index in [1.165, 1.54) is 55.6 Å². The molecule has 0 aliphatic rings. The van der Waals surface area contributed by atoms with Gasteiger partial charge in [0.25, 0.3) is 10.1 Å². The number of benzene rings is 3. The molecule has 0 aliphatic heterocycles. The summed E-state index contributed by atoms with van der Waals surface area (Å²) in [5.74, 6) is 1.05. The minimum absolute atomic E-state index is 0.0811. The molecule has 3 aromatic rings. The van der Waals surface area contributed by atoms with Crippen molar-refractivity contribution in [2.75, 3.05) is 7.11 Å². The van der Waals surface area contributed by atoms with Gasteiger partial charge in [0.2, 0.25) is 9.84 Å². The van der Waals surface area contributed by atoms with Crippen molar-refractivity contribution in [2.24, 2.45) is 0 Å². The van der Waals surface area contributed by atoms with Crippen LogP contribution in [0.25, 0.3) is 0 Å². The molecule has 152 valence electrons. The number of ether oxygens (including phenoxy) is 2. The number of aryl methyl sites for hydroxylation is 1. The molecule has 0 bridgehead atoms. The topological polar surface area (TPSA) is 107 Å². The van der Waals surface area contributed by atoms with Crippen molar-refractivity contribution in [1.29, 1.82) is 0 Å². The van der Waals surface area contributed by atoms with Crippen LogP contribution in [0.1, 0.15) is 5.56 Å². The normalized spacial score (nSPS) is 11.8. The van der Waals surface area contributed by atoms with Crippen molar-refractivity contribution in [2.45, 2.75) is 21.6 Å². The first kappa shape index (κ1) is 20.8. The summed E-state index contributed by atoms with van der Waals surface area (Å²) in [5.41, 5.74) is 0.376. The fraction of sp³-hybridized carbons (Fsp3) is 0.100. The van der Waals surface area contributed by atoms with Crippen LogP contribution in [0.5, 0.6) is 17.2 Å². The largest absolute Gasteiger partial charge is 0.497 e. The summed E-state index contributed by atoms with van der Waals surface area (Å²) in [4.78, 5) is -0.0467. The zero-order valence-electron chi connectivity index (χ0n) is 15.6. The van der Waals surface area contributed by atoms with Crippen LogP contribution < -0.4 is 9.47 Å². The van der Waals surface area contributed by atoms with E-state index >= 15 is 0 Å². The van der Waals surface area contributed by atoms with E-state index in [9.17, 15) is 21.4 Å². The number of rotatable bonds is 6. The molecule has 0 radical (unpaired) electrons. The molecule has 0 atom stereocenters. The van der Waals surface area contributed by atoms with E-state index in [2.05, 4.69) is 0 Å². The van der Waals surface area contributed by atoms with Gasteiger partial charge in [-0.1, -0.05) is 6.07 Å². The van der Waals surface area contributed by atoms with E-state index in [0.717, 1.165) is 0 Å². The first-order valence-corrected chi connectivity index (χ1v) is 11.3. The van der Waals surface area contributed by atoms with Crippen LogP contribution in [0.4, 0.5) is 0 Å². The Bertz CT molecular complexity index is 1230. The van der Waals surface area contributed by atoms with Crippen LogP contribution in [0.3, 0.4) is 0 Å². The summed E-state index contributed by atoms with van der Waals surface area (Å²) in [7, 11) is -6.59. The first-order valence-electron chi connectivity index (χ1n) is 8.36. The molecule has 0 saturated carbocycles. The average molecular weight is 434 g/mol. The van der Waals surface area contributed by atoms with Gasteiger partial charge in [-0.25, -0.2) is 8.42 Å². The van der Waals surface area contributed by atoms with Gasteiger partial charge >= 0.3 is 0 Å². The smallest absolute Gasteiger partial charge is 0.294 e. The summed E-state index contributed by atoms with van der Waals surface area (Å²) in [6.07, 6.45) is 0. The summed E-state index contributed by atoms with van der Waals surface area (Å²) < 4.78 is 68.2. The van der Waals surface area contributed by atoms with Crippen molar-refractivity contribution < 1.29 is 30.9 Å². The van der Waals surface area contributed by atoms with Gasteiger partial charge in [-0.2, -0.15) is 8.42 Å². The molecule has 7 nitrogen and oxygen atoms in total.